The Morgan fingerprint density at radius 2 is 1.89 bits per heavy atom. The maximum atomic E-state index is 11.4. The molecule has 0 saturated heterocycles. The summed E-state index contributed by atoms with van der Waals surface area (Å²) in [6.45, 7) is 3.84. The molecule has 0 aromatic heterocycles. The van der Waals surface area contributed by atoms with Crippen LogP contribution in [-0.4, -0.2) is 57.2 Å². The van der Waals surface area contributed by atoms with Crippen LogP contribution in [0.15, 0.2) is 5.16 Å². The van der Waals surface area contributed by atoms with Gasteiger partial charge in [-0.15, -0.1) is 0 Å². The molecule has 0 fully saturated rings. The van der Waals surface area contributed by atoms with Crippen molar-refractivity contribution >= 4 is 42.3 Å². The zero-order chi connectivity index (χ0) is 14.3. The number of amides is 2. The summed E-state index contributed by atoms with van der Waals surface area (Å²) in [5.41, 5.74) is 0. The van der Waals surface area contributed by atoms with Crippen LogP contribution in [0.25, 0.3) is 0 Å². The van der Waals surface area contributed by atoms with Crippen LogP contribution in [0.4, 0.5) is 9.59 Å². The molecular formula is C9H17N3O4S2. The van der Waals surface area contributed by atoms with E-state index < -0.39 is 12.2 Å². The smallest absolute Gasteiger partial charge is 0.447 e. The standard InChI is InChI=1S/C9H17N3O4S2/c1-9(2,17-5)6-10-16-8(15)12(4)18-11(3)7(13)14/h6H,1-5H3,(H,13,14). The van der Waals surface area contributed by atoms with E-state index in [-0.39, 0.29) is 4.75 Å². The fourth-order valence-electron chi connectivity index (χ4n) is 0.561. The molecule has 0 rings (SSSR count). The van der Waals surface area contributed by atoms with Gasteiger partial charge in [0.25, 0.3) is 0 Å². The fraction of sp³-hybridized carbons (Fsp3) is 0.667. The van der Waals surface area contributed by atoms with E-state index in [1.807, 2.05) is 20.1 Å². The van der Waals surface area contributed by atoms with Crippen LogP contribution < -0.4 is 0 Å². The zero-order valence-corrected chi connectivity index (χ0v) is 12.5. The van der Waals surface area contributed by atoms with Crippen molar-refractivity contribution in [3.8, 4) is 0 Å². The number of carbonyl (C=O) groups is 2. The maximum Gasteiger partial charge on any atom is 0.447 e. The largest absolute Gasteiger partial charge is 0.464 e. The van der Waals surface area contributed by atoms with E-state index in [1.54, 1.807) is 11.8 Å². The Labute approximate surface area is 115 Å². The van der Waals surface area contributed by atoms with Crippen molar-refractivity contribution in [3.05, 3.63) is 0 Å². The summed E-state index contributed by atoms with van der Waals surface area (Å²) in [6, 6.07) is 0. The highest BCUT2D eigenvalue weighted by Gasteiger charge is 2.18. The number of carboxylic acid groups (broad SMARTS) is 1. The van der Waals surface area contributed by atoms with Gasteiger partial charge in [0.15, 0.2) is 0 Å². The second kappa shape index (κ2) is 7.37. The summed E-state index contributed by atoms with van der Waals surface area (Å²) in [7, 11) is 2.71. The minimum atomic E-state index is -1.16. The molecular weight excluding hydrogens is 278 g/mol. The summed E-state index contributed by atoms with van der Waals surface area (Å²) in [4.78, 5) is 26.6. The van der Waals surface area contributed by atoms with Crippen LogP contribution in [0.5, 0.6) is 0 Å². The molecule has 9 heteroatoms. The molecule has 0 heterocycles. The first-order chi connectivity index (χ1) is 8.19. The van der Waals surface area contributed by atoms with E-state index in [4.69, 9.17) is 5.11 Å². The molecule has 0 atom stereocenters. The lowest BCUT2D eigenvalue weighted by molar-refractivity contribution is 0.136. The number of thioether (sulfide) groups is 1. The van der Waals surface area contributed by atoms with Gasteiger partial charge in [-0.05, 0) is 20.1 Å². The van der Waals surface area contributed by atoms with Gasteiger partial charge in [-0.2, -0.15) is 11.8 Å². The molecule has 0 aliphatic rings. The number of hydrogen-bond donors (Lipinski definition) is 1. The Hall–Kier alpha value is -1.09. The molecule has 0 saturated carbocycles. The Balaban J connectivity index is 4.22. The van der Waals surface area contributed by atoms with Crippen LogP contribution in [0, 0.1) is 0 Å². The van der Waals surface area contributed by atoms with Gasteiger partial charge in [0, 0.05) is 18.8 Å². The van der Waals surface area contributed by atoms with Gasteiger partial charge in [-0.1, -0.05) is 5.16 Å². The number of oxime groups is 1. The van der Waals surface area contributed by atoms with E-state index in [9.17, 15) is 9.59 Å². The first-order valence-corrected chi connectivity index (χ1v) is 6.84. The lowest BCUT2D eigenvalue weighted by Crippen LogP contribution is -2.28. The van der Waals surface area contributed by atoms with Crippen molar-refractivity contribution in [1.82, 2.24) is 8.61 Å². The number of rotatable bonds is 5. The van der Waals surface area contributed by atoms with E-state index in [2.05, 4.69) is 9.99 Å². The third-order valence-electron chi connectivity index (χ3n) is 1.79. The molecule has 0 aliphatic heterocycles. The number of carbonyl (C=O) groups excluding carboxylic acids is 1. The molecule has 1 N–H and O–H groups in total. The van der Waals surface area contributed by atoms with Crippen molar-refractivity contribution in [3.63, 3.8) is 0 Å². The molecule has 104 valence electrons. The number of nitrogens with zero attached hydrogens (tertiary/aromatic N) is 3. The highest BCUT2D eigenvalue weighted by molar-refractivity contribution is 8.00. The van der Waals surface area contributed by atoms with Crippen molar-refractivity contribution in [2.24, 2.45) is 5.16 Å². The molecule has 0 aliphatic carbocycles. The molecule has 0 radical (unpaired) electrons. The van der Waals surface area contributed by atoms with Crippen LogP contribution in [0.3, 0.4) is 0 Å². The second-order valence-corrected chi connectivity index (χ2v) is 6.48. The van der Waals surface area contributed by atoms with Gasteiger partial charge >= 0.3 is 12.2 Å². The summed E-state index contributed by atoms with van der Waals surface area (Å²) in [5.74, 6) is 0. The lowest BCUT2D eigenvalue weighted by Gasteiger charge is -2.18. The first kappa shape index (κ1) is 16.9. The van der Waals surface area contributed by atoms with Crippen LogP contribution in [-0.2, 0) is 4.84 Å². The highest BCUT2D eigenvalue weighted by atomic mass is 32.2. The Morgan fingerprint density at radius 3 is 2.33 bits per heavy atom. The molecule has 7 nitrogen and oxygen atoms in total. The lowest BCUT2D eigenvalue weighted by atomic mass is 10.2. The molecule has 2 amide bonds. The van der Waals surface area contributed by atoms with Crippen molar-refractivity contribution in [2.75, 3.05) is 20.4 Å². The van der Waals surface area contributed by atoms with Crippen molar-refractivity contribution in [1.29, 1.82) is 0 Å². The molecule has 0 bridgehead atoms. The quantitative estimate of drug-likeness (QED) is 0.363. The first-order valence-electron chi connectivity index (χ1n) is 4.88. The normalized spacial score (nSPS) is 11.4. The van der Waals surface area contributed by atoms with Gasteiger partial charge < -0.3 is 5.11 Å². The SMILES string of the molecule is CSC(C)(C)C=NOC(=O)N(C)SN(C)C(=O)O. The van der Waals surface area contributed by atoms with Crippen LogP contribution >= 0.6 is 23.9 Å². The van der Waals surface area contributed by atoms with Crippen LogP contribution in [0.2, 0.25) is 0 Å². The topological polar surface area (TPSA) is 82.4 Å². The summed E-state index contributed by atoms with van der Waals surface area (Å²) in [6.07, 6.45) is 1.51. The maximum absolute atomic E-state index is 11.4. The predicted molar refractivity (Wildman–Crippen MR) is 73.7 cm³/mol. The van der Waals surface area contributed by atoms with E-state index in [0.717, 1.165) is 8.61 Å². The van der Waals surface area contributed by atoms with Crippen LogP contribution in [0.1, 0.15) is 13.8 Å². The van der Waals surface area contributed by atoms with Crippen molar-refractivity contribution in [2.45, 2.75) is 18.6 Å². The average Bonchev–Trinajstić information content (AvgIpc) is 2.28. The van der Waals surface area contributed by atoms with Gasteiger partial charge in [-0.3, -0.25) is 4.84 Å². The molecule has 0 unspecified atom stereocenters. The third-order valence-corrected chi connectivity index (χ3v) is 3.74. The number of hydrogen-bond acceptors (Lipinski definition) is 6. The summed E-state index contributed by atoms with van der Waals surface area (Å²) >= 11 is 2.25. The molecule has 0 aromatic rings. The highest BCUT2D eigenvalue weighted by Crippen LogP contribution is 2.18. The van der Waals surface area contributed by atoms with E-state index in [1.165, 1.54) is 20.3 Å². The minimum absolute atomic E-state index is 0.232. The van der Waals surface area contributed by atoms with Gasteiger partial charge in [0.1, 0.15) is 0 Å². The van der Waals surface area contributed by atoms with Crippen molar-refractivity contribution < 1.29 is 19.5 Å². The average molecular weight is 295 g/mol. The molecule has 0 spiro atoms. The van der Waals surface area contributed by atoms with E-state index >= 15 is 0 Å². The summed E-state index contributed by atoms with van der Waals surface area (Å²) < 4.78 is 1.66. The second-order valence-electron chi connectivity index (χ2n) is 3.76. The molecule has 18 heavy (non-hydrogen) atoms. The Kier molecular flexibility index (Phi) is 6.92. The predicted octanol–water partition coefficient (Wildman–Crippen LogP) is 2.36. The van der Waals surface area contributed by atoms with Gasteiger partial charge in [0.05, 0.1) is 18.3 Å². The fourth-order valence-corrected chi connectivity index (χ4v) is 1.25. The molecule has 0 aromatic carbocycles. The monoisotopic (exact) mass is 295 g/mol. The van der Waals surface area contributed by atoms with E-state index in [0.29, 0.717) is 12.1 Å². The zero-order valence-electron chi connectivity index (χ0n) is 10.9. The Morgan fingerprint density at radius 1 is 1.33 bits per heavy atom. The van der Waals surface area contributed by atoms with Gasteiger partial charge in [0.2, 0.25) is 0 Å². The third kappa shape index (κ3) is 6.60. The summed E-state index contributed by atoms with van der Waals surface area (Å²) in [5, 5.41) is 12.2. The Bertz CT molecular complexity index is 336. The van der Waals surface area contributed by atoms with Gasteiger partial charge in [-0.25, -0.2) is 18.2 Å². The minimum Gasteiger partial charge on any atom is -0.464 e.